The number of nitrogens with zero attached hydrogens (tertiary/aromatic N) is 6. The van der Waals surface area contributed by atoms with Crippen molar-refractivity contribution in [1.29, 1.82) is 0 Å². The number of rotatable bonds is 13. The lowest BCUT2D eigenvalue weighted by Crippen LogP contribution is -2.47. The Bertz CT molecular complexity index is 1640. The molecule has 0 radical (unpaired) electrons. The Morgan fingerprint density at radius 3 is 2.10 bits per heavy atom. The van der Waals surface area contributed by atoms with E-state index in [4.69, 9.17) is 4.74 Å². The van der Waals surface area contributed by atoms with Gasteiger partial charge in [0.25, 0.3) is 5.95 Å². The maximum absolute atomic E-state index is 13.8. The van der Waals surface area contributed by atoms with Gasteiger partial charge in [-0.1, -0.05) is 18.4 Å². The average molecular weight is 739 g/mol. The molecule has 1 aromatic heterocycles. The van der Waals surface area contributed by atoms with Gasteiger partial charge in [0.15, 0.2) is 0 Å². The number of amides is 1. The van der Waals surface area contributed by atoms with Crippen LogP contribution in [0.25, 0.3) is 0 Å². The van der Waals surface area contributed by atoms with Crippen LogP contribution in [0.15, 0.2) is 36.4 Å². The van der Waals surface area contributed by atoms with E-state index in [2.05, 4.69) is 20.1 Å². The molecule has 0 unspecified atom stereocenters. The van der Waals surface area contributed by atoms with E-state index >= 15 is 0 Å². The molecule has 1 aliphatic rings. The van der Waals surface area contributed by atoms with Crippen molar-refractivity contribution in [2.45, 2.75) is 96.1 Å². The first-order valence-corrected chi connectivity index (χ1v) is 16.0. The standard InChI is InChI=1S/C32H35F9N6O4/c1-4-22-16-26(46(29-42-44-45(3)43-29)18-19-13-20(30(33,34)35)15-21(14-19)31(36,37)38)24-17-23(51-32(39,40)41)11-12-25(24)47(22)27(48)9-7-6-8-10-28(49)50-5-2/h11-15,17,22,26H,4-10,16,18H2,1-3H3/t22-,26+/m1/s1. The number of ether oxygens (including phenoxy) is 2. The number of aryl methyl sites for hydroxylation is 1. The number of halogens is 9. The maximum Gasteiger partial charge on any atom is 0.573 e. The van der Waals surface area contributed by atoms with Gasteiger partial charge in [-0.15, -0.1) is 18.3 Å². The molecule has 0 fully saturated rings. The first kappa shape index (κ1) is 39.2. The van der Waals surface area contributed by atoms with Gasteiger partial charge in [0.05, 0.1) is 30.8 Å². The largest absolute Gasteiger partial charge is 0.573 e. The number of anilines is 2. The van der Waals surface area contributed by atoms with E-state index in [1.807, 2.05) is 0 Å². The van der Waals surface area contributed by atoms with E-state index in [1.54, 1.807) is 13.8 Å². The van der Waals surface area contributed by atoms with Gasteiger partial charge in [-0.05, 0) is 79.8 Å². The SMILES string of the molecule is CCOC(=O)CCCCCC(=O)N1c2ccc(OC(F)(F)F)cc2[C@@H](N(Cc2cc(C(F)(F)F)cc(C(F)(F)F)c2)c2nnn(C)n2)C[C@H]1CC. The highest BCUT2D eigenvalue weighted by Crippen LogP contribution is 2.46. The van der Waals surface area contributed by atoms with Crippen LogP contribution < -0.4 is 14.5 Å². The lowest BCUT2D eigenvalue weighted by molar-refractivity contribution is -0.274. The Hall–Kier alpha value is -4.58. The number of esters is 1. The van der Waals surface area contributed by atoms with Gasteiger partial charge in [-0.2, -0.15) is 31.1 Å². The van der Waals surface area contributed by atoms with Gasteiger partial charge in [0.2, 0.25) is 5.91 Å². The summed E-state index contributed by atoms with van der Waals surface area (Å²) in [4.78, 5) is 29.0. The maximum atomic E-state index is 13.8. The van der Waals surface area contributed by atoms with Crippen molar-refractivity contribution in [3.8, 4) is 5.75 Å². The van der Waals surface area contributed by atoms with Crippen molar-refractivity contribution >= 4 is 23.5 Å². The number of fused-ring (bicyclic) bond motifs is 1. The quantitative estimate of drug-likeness (QED) is 0.0991. The molecule has 2 atom stereocenters. The summed E-state index contributed by atoms with van der Waals surface area (Å²) in [7, 11) is 1.37. The summed E-state index contributed by atoms with van der Waals surface area (Å²) < 4.78 is 132. The molecule has 19 heteroatoms. The first-order chi connectivity index (χ1) is 23.8. The molecular weight excluding hydrogens is 703 g/mol. The fourth-order valence-electron chi connectivity index (χ4n) is 5.98. The normalized spacial score (nSPS) is 16.5. The third kappa shape index (κ3) is 10.2. The Morgan fingerprint density at radius 2 is 1.55 bits per heavy atom. The number of alkyl halides is 9. The molecule has 2 heterocycles. The summed E-state index contributed by atoms with van der Waals surface area (Å²) >= 11 is 0. The molecule has 10 nitrogen and oxygen atoms in total. The second kappa shape index (κ2) is 15.8. The number of hydrogen-bond donors (Lipinski definition) is 0. The van der Waals surface area contributed by atoms with E-state index in [0.29, 0.717) is 37.8 Å². The summed E-state index contributed by atoms with van der Waals surface area (Å²) in [6.45, 7) is 3.01. The molecule has 0 bridgehead atoms. The van der Waals surface area contributed by atoms with Gasteiger partial charge in [-0.25, -0.2) is 0 Å². The highest BCUT2D eigenvalue weighted by Gasteiger charge is 2.41. The minimum Gasteiger partial charge on any atom is -0.466 e. The number of tetrazole rings is 1. The molecule has 3 aromatic rings. The molecular formula is C32H35F9N6O4. The lowest BCUT2D eigenvalue weighted by atomic mass is 9.87. The summed E-state index contributed by atoms with van der Waals surface area (Å²) in [5.74, 6) is -1.65. The highest BCUT2D eigenvalue weighted by molar-refractivity contribution is 5.95. The predicted octanol–water partition coefficient (Wildman–Crippen LogP) is 7.92. The van der Waals surface area contributed by atoms with E-state index in [9.17, 15) is 49.1 Å². The molecule has 0 spiro atoms. The predicted molar refractivity (Wildman–Crippen MR) is 163 cm³/mol. The van der Waals surface area contributed by atoms with Gasteiger partial charge >= 0.3 is 24.7 Å². The number of benzene rings is 2. The first-order valence-electron chi connectivity index (χ1n) is 16.0. The molecule has 0 saturated heterocycles. The number of carbonyl (C=O) groups is 2. The van der Waals surface area contributed by atoms with E-state index in [0.717, 1.165) is 16.9 Å². The molecule has 0 N–H and O–H groups in total. The molecule has 4 rings (SSSR count). The number of hydrogen-bond acceptors (Lipinski definition) is 8. The Balaban J connectivity index is 1.78. The zero-order valence-corrected chi connectivity index (χ0v) is 27.7. The summed E-state index contributed by atoms with van der Waals surface area (Å²) in [6, 6.07) is 2.65. The number of carbonyl (C=O) groups excluding carboxylic acids is 2. The molecule has 0 aliphatic carbocycles. The molecule has 1 aliphatic heterocycles. The monoisotopic (exact) mass is 738 g/mol. The summed E-state index contributed by atoms with van der Waals surface area (Å²) in [5, 5.41) is 11.8. The molecule has 0 saturated carbocycles. The van der Waals surface area contributed by atoms with Crippen LogP contribution in [-0.4, -0.2) is 51.1 Å². The topological polar surface area (TPSA) is 103 Å². The van der Waals surface area contributed by atoms with Gasteiger partial charge in [0, 0.05) is 36.7 Å². The fourth-order valence-corrected chi connectivity index (χ4v) is 5.98. The zero-order valence-electron chi connectivity index (χ0n) is 27.7. The van der Waals surface area contributed by atoms with Crippen LogP contribution in [0.3, 0.4) is 0 Å². The molecule has 280 valence electrons. The smallest absolute Gasteiger partial charge is 0.466 e. The van der Waals surface area contributed by atoms with Gasteiger partial charge < -0.3 is 19.3 Å². The molecule has 2 aromatic carbocycles. The van der Waals surface area contributed by atoms with Crippen LogP contribution >= 0.6 is 0 Å². The third-order valence-electron chi connectivity index (χ3n) is 8.16. The van der Waals surface area contributed by atoms with Crippen molar-refractivity contribution in [3.05, 3.63) is 58.7 Å². The fraction of sp³-hybridized carbons (Fsp3) is 0.531. The summed E-state index contributed by atoms with van der Waals surface area (Å²) in [6.07, 6.45) is -13.6. The number of aromatic nitrogens is 4. The lowest BCUT2D eigenvalue weighted by Gasteiger charge is -2.44. The average Bonchev–Trinajstić information content (AvgIpc) is 3.46. The second-order valence-corrected chi connectivity index (χ2v) is 11.8. The van der Waals surface area contributed by atoms with Crippen molar-refractivity contribution < 1.29 is 58.6 Å². The minimum atomic E-state index is -5.14. The third-order valence-corrected chi connectivity index (χ3v) is 8.16. The van der Waals surface area contributed by atoms with Crippen LogP contribution in [0.4, 0.5) is 51.1 Å². The number of unbranched alkanes of at least 4 members (excludes halogenated alkanes) is 2. The Labute approximate surface area is 286 Å². The van der Waals surface area contributed by atoms with Crippen LogP contribution in [0.1, 0.15) is 87.1 Å². The van der Waals surface area contributed by atoms with E-state index in [-0.39, 0.29) is 61.0 Å². The Kier molecular flexibility index (Phi) is 12.1. The highest BCUT2D eigenvalue weighted by atomic mass is 19.4. The zero-order chi connectivity index (χ0) is 37.7. The van der Waals surface area contributed by atoms with E-state index < -0.39 is 59.8 Å². The van der Waals surface area contributed by atoms with Gasteiger partial charge in [0.1, 0.15) is 5.75 Å². The molecule has 51 heavy (non-hydrogen) atoms. The summed E-state index contributed by atoms with van der Waals surface area (Å²) in [5.41, 5.74) is -3.33. The van der Waals surface area contributed by atoms with Gasteiger partial charge in [-0.3, -0.25) is 9.59 Å². The van der Waals surface area contributed by atoms with E-state index in [1.165, 1.54) is 22.9 Å². The van der Waals surface area contributed by atoms with Crippen LogP contribution in [0.5, 0.6) is 5.75 Å². The van der Waals surface area contributed by atoms with Crippen molar-refractivity contribution in [1.82, 2.24) is 20.2 Å². The van der Waals surface area contributed by atoms with Crippen molar-refractivity contribution in [3.63, 3.8) is 0 Å². The van der Waals surface area contributed by atoms with Crippen LogP contribution in [0, 0.1) is 0 Å². The minimum absolute atomic E-state index is 0.0154. The second-order valence-electron chi connectivity index (χ2n) is 11.8. The van der Waals surface area contributed by atoms with Crippen LogP contribution in [-0.2, 0) is 40.3 Å². The molecule has 1 amide bonds. The van der Waals surface area contributed by atoms with Crippen LogP contribution in [0.2, 0.25) is 0 Å². The van der Waals surface area contributed by atoms with Crippen molar-refractivity contribution in [2.24, 2.45) is 7.05 Å². The van der Waals surface area contributed by atoms with Crippen molar-refractivity contribution in [2.75, 3.05) is 16.4 Å². The Morgan fingerprint density at radius 1 is 0.902 bits per heavy atom.